The van der Waals surface area contributed by atoms with E-state index in [1.165, 1.54) is 13.0 Å². The van der Waals surface area contributed by atoms with Gasteiger partial charge in [0.25, 0.3) is 0 Å². The smallest absolute Gasteiger partial charge is 0.303 e. The Balaban J connectivity index is 1.05. The number of aliphatic carboxylic acids is 1. The molecule has 11 atom stereocenters. The average molecular weight is 739 g/mol. The molecule has 4 aliphatic rings. The lowest BCUT2D eigenvalue weighted by atomic mass is 9.42. The summed E-state index contributed by atoms with van der Waals surface area (Å²) in [6, 6.07) is 12.4. The van der Waals surface area contributed by atoms with Crippen molar-refractivity contribution in [3.8, 4) is 11.8 Å². The van der Waals surface area contributed by atoms with Crippen molar-refractivity contribution >= 4 is 28.3 Å². The third kappa shape index (κ3) is 6.62. The topological polar surface area (TPSA) is 140 Å². The first kappa shape index (κ1) is 38.4. The Kier molecular flexibility index (Phi) is 10.2. The van der Waals surface area contributed by atoms with Gasteiger partial charge in [0, 0.05) is 29.5 Å². The van der Waals surface area contributed by atoms with Gasteiger partial charge < -0.3 is 25.7 Å². The second-order valence-corrected chi connectivity index (χ2v) is 17.7. The van der Waals surface area contributed by atoms with Crippen LogP contribution in [0.4, 0.5) is 10.1 Å². The van der Waals surface area contributed by atoms with Gasteiger partial charge in [0.05, 0.1) is 34.7 Å². The van der Waals surface area contributed by atoms with Crippen LogP contribution in [0.3, 0.4) is 0 Å². The molecular weight excluding hydrogens is 684 g/mol. The number of benzene rings is 2. The van der Waals surface area contributed by atoms with E-state index in [0.29, 0.717) is 60.2 Å². The number of halogens is 1. The van der Waals surface area contributed by atoms with Crippen LogP contribution in [0.25, 0.3) is 10.9 Å². The van der Waals surface area contributed by atoms with Crippen LogP contribution in [0.15, 0.2) is 42.5 Å². The van der Waals surface area contributed by atoms with E-state index in [1.54, 1.807) is 19.1 Å². The molecular formula is C45H55FN2O6. The van der Waals surface area contributed by atoms with Crippen LogP contribution in [0.5, 0.6) is 0 Å². The summed E-state index contributed by atoms with van der Waals surface area (Å²) in [4.78, 5) is 28.5. The van der Waals surface area contributed by atoms with Crippen LogP contribution in [0.1, 0.15) is 113 Å². The van der Waals surface area contributed by atoms with Crippen LogP contribution < -0.4 is 5.32 Å². The van der Waals surface area contributed by atoms with Gasteiger partial charge in [-0.1, -0.05) is 56.9 Å². The van der Waals surface area contributed by atoms with E-state index in [1.807, 2.05) is 24.3 Å². The third-order valence-electron chi connectivity index (χ3n) is 14.8. The molecule has 9 heteroatoms. The number of para-hydroxylation sites is 1. The van der Waals surface area contributed by atoms with Gasteiger partial charge in [0.1, 0.15) is 11.4 Å². The molecule has 5 N–H and O–H groups in total. The van der Waals surface area contributed by atoms with Gasteiger partial charge >= 0.3 is 5.97 Å². The number of rotatable bonds is 8. The van der Waals surface area contributed by atoms with Gasteiger partial charge in [-0.2, -0.15) is 0 Å². The largest absolute Gasteiger partial charge is 0.481 e. The maximum atomic E-state index is 15.5. The van der Waals surface area contributed by atoms with Crippen molar-refractivity contribution in [2.24, 2.45) is 46.3 Å². The zero-order chi connectivity index (χ0) is 38.7. The monoisotopic (exact) mass is 738 g/mol. The first-order valence-corrected chi connectivity index (χ1v) is 19.8. The second-order valence-electron chi connectivity index (χ2n) is 17.7. The lowest BCUT2D eigenvalue weighted by molar-refractivity contribution is -0.211. The molecule has 0 spiro atoms. The first-order valence-electron chi connectivity index (χ1n) is 19.8. The Morgan fingerprint density at radius 1 is 1.07 bits per heavy atom. The Morgan fingerprint density at radius 3 is 2.56 bits per heavy atom. The van der Waals surface area contributed by atoms with E-state index in [4.69, 9.17) is 0 Å². The van der Waals surface area contributed by atoms with E-state index in [0.717, 1.165) is 30.2 Å². The number of carboxylic acid groups (broad SMARTS) is 1. The average Bonchev–Trinajstić information content (AvgIpc) is 3.48. The number of aliphatic hydroxyl groups is 3. The molecule has 0 amide bonds. The van der Waals surface area contributed by atoms with Gasteiger partial charge in [0.15, 0.2) is 5.78 Å². The summed E-state index contributed by atoms with van der Waals surface area (Å²) >= 11 is 0. The maximum absolute atomic E-state index is 15.5. The standard InChI is InChI=1S/C45H55FN2O6/c1-25(10-15-39(52)53)32-13-14-33-41-34(22-38(51)44(32,33)5)43(4)18-19-45(54,23-30(43)21-37(41)50)17-16-28-11-12-29(35(46)20-28)24-47-42-31-8-6-7-9-36(31)48-26(2)40(42)27(3)49/h6-9,11-12,20,25,30,32-34,37-38,41,50-51,54H,10,13-15,18-19,21-24H2,1-5H3,(H,47,48)(H,52,53)/t25?,30?,32-,33?,34?,37?,38?,41?,43?,44?,45-/m1/s1. The number of aryl methyl sites for hydroxylation is 1. The van der Waals surface area contributed by atoms with Gasteiger partial charge in [-0.15, -0.1) is 0 Å². The number of aliphatic hydroxyl groups excluding tert-OH is 2. The van der Waals surface area contributed by atoms with E-state index in [-0.39, 0.29) is 65.1 Å². The Labute approximate surface area is 318 Å². The SMILES string of the molecule is CC(=O)c1c(C)nc2ccccc2c1NCc1ccc(C#C[C@@]2(O)CCC3(C)C(CC(O)C4C3CC(O)C3(C)C4CC[C@@H]3C(C)CCC(=O)O)C2)cc1F. The number of nitrogens with one attached hydrogen (secondary N) is 1. The zero-order valence-corrected chi connectivity index (χ0v) is 32.2. The van der Waals surface area contributed by atoms with Crippen LogP contribution in [-0.2, 0) is 11.3 Å². The Morgan fingerprint density at radius 2 is 1.83 bits per heavy atom. The van der Waals surface area contributed by atoms with E-state index in [9.17, 15) is 30.0 Å². The number of Topliss-reactive ketones (excluding diaryl/α,β-unsaturated/α-hetero) is 1. The number of pyridine rings is 1. The van der Waals surface area contributed by atoms with Crippen molar-refractivity contribution in [1.29, 1.82) is 0 Å². The van der Waals surface area contributed by atoms with E-state index in [2.05, 4.69) is 42.9 Å². The zero-order valence-electron chi connectivity index (χ0n) is 32.2. The Hall–Kier alpha value is -3.84. The van der Waals surface area contributed by atoms with Gasteiger partial charge in [-0.25, -0.2) is 4.39 Å². The number of anilines is 1. The first-order chi connectivity index (χ1) is 25.6. The number of aromatic nitrogens is 1. The predicted octanol–water partition coefficient (Wildman–Crippen LogP) is 7.68. The highest BCUT2D eigenvalue weighted by molar-refractivity contribution is 6.08. The molecule has 2 aromatic carbocycles. The lowest BCUT2D eigenvalue weighted by Gasteiger charge is -2.64. The fourth-order valence-electron chi connectivity index (χ4n) is 11.9. The van der Waals surface area contributed by atoms with Crippen molar-refractivity contribution in [3.05, 3.63) is 70.7 Å². The number of ketones is 1. The highest BCUT2D eigenvalue weighted by atomic mass is 19.1. The van der Waals surface area contributed by atoms with Gasteiger partial charge in [0.2, 0.25) is 0 Å². The highest BCUT2D eigenvalue weighted by Crippen LogP contribution is 2.69. The van der Waals surface area contributed by atoms with E-state index < -0.39 is 29.6 Å². The molecule has 4 fully saturated rings. The molecule has 54 heavy (non-hydrogen) atoms. The molecule has 1 aromatic heterocycles. The molecule has 9 unspecified atom stereocenters. The molecule has 8 nitrogen and oxygen atoms in total. The van der Waals surface area contributed by atoms with E-state index >= 15 is 4.39 Å². The molecule has 4 aliphatic carbocycles. The summed E-state index contributed by atoms with van der Waals surface area (Å²) < 4.78 is 15.5. The summed E-state index contributed by atoms with van der Waals surface area (Å²) in [5.74, 6) is 5.53. The number of carbonyl (C=O) groups is 2. The lowest BCUT2D eigenvalue weighted by Crippen LogP contribution is -2.63. The summed E-state index contributed by atoms with van der Waals surface area (Å²) in [7, 11) is 0. The minimum Gasteiger partial charge on any atom is -0.481 e. The fourth-order valence-corrected chi connectivity index (χ4v) is 11.9. The van der Waals surface area contributed by atoms with Crippen molar-refractivity contribution in [3.63, 3.8) is 0 Å². The molecule has 7 rings (SSSR count). The minimum absolute atomic E-state index is 0.0167. The third-order valence-corrected chi connectivity index (χ3v) is 14.8. The quantitative estimate of drug-likeness (QED) is 0.117. The Bertz CT molecular complexity index is 2020. The summed E-state index contributed by atoms with van der Waals surface area (Å²) in [6.07, 6.45) is 4.24. The normalized spacial score (nSPS) is 34.9. The predicted molar refractivity (Wildman–Crippen MR) is 206 cm³/mol. The molecule has 1 heterocycles. The second kappa shape index (κ2) is 14.3. The number of carboxylic acids is 1. The molecule has 0 radical (unpaired) electrons. The maximum Gasteiger partial charge on any atom is 0.303 e. The number of carbonyl (C=O) groups excluding carboxylic acids is 1. The molecule has 0 bridgehead atoms. The summed E-state index contributed by atoms with van der Waals surface area (Å²) in [5, 5.41) is 48.9. The van der Waals surface area contributed by atoms with Gasteiger partial charge in [-0.05, 0) is 130 Å². The van der Waals surface area contributed by atoms with Crippen LogP contribution in [0, 0.1) is 70.9 Å². The molecule has 0 aliphatic heterocycles. The summed E-state index contributed by atoms with van der Waals surface area (Å²) in [5.41, 5.74) is 1.53. The number of hydrogen-bond acceptors (Lipinski definition) is 7. The fraction of sp³-hybridized carbons (Fsp3) is 0.578. The van der Waals surface area contributed by atoms with Gasteiger partial charge in [-0.3, -0.25) is 14.6 Å². The molecule has 0 saturated heterocycles. The molecule has 288 valence electrons. The van der Waals surface area contributed by atoms with Crippen molar-refractivity contribution in [2.45, 2.75) is 117 Å². The van der Waals surface area contributed by atoms with Crippen molar-refractivity contribution < 1.29 is 34.4 Å². The van der Waals surface area contributed by atoms with Crippen LogP contribution >= 0.6 is 0 Å². The van der Waals surface area contributed by atoms with Crippen molar-refractivity contribution in [2.75, 3.05) is 5.32 Å². The molecule has 3 aromatic rings. The number of fused-ring (bicyclic) bond motifs is 6. The highest BCUT2D eigenvalue weighted by Gasteiger charge is 2.66. The van der Waals surface area contributed by atoms with Crippen LogP contribution in [0.2, 0.25) is 0 Å². The van der Waals surface area contributed by atoms with Crippen LogP contribution in [-0.4, -0.2) is 55.0 Å². The summed E-state index contributed by atoms with van der Waals surface area (Å²) in [6.45, 7) is 10.0. The molecule has 4 saturated carbocycles. The number of hydrogen-bond donors (Lipinski definition) is 5. The minimum atomic E-state index is -1.28. The van der Waals surface area contributed by atoms with Crippen molar-refractivity contribution in [1.82, 2.24) is 4.98 Å². The number of nitrogens with zero attached hydrogens (tertiary/aromatic N) is 1.